The maximum absolute atomic E-state index is 5.81. The van der Waals surface area contributed by atoms with Gasteiger partial charge in [0.25, 0.3) is 0 Å². The number of hydrogen-bond donors (Lipinski definition) is 1. The molecule has 16 heavy (non-hydrogen) atoms. The maximum Gasteiger partial charge on any atom is 0.0991 e. The number of imidazole rings is 1. The second kappa shape index (κ2) is 6.53. The molecule has 0 fully saturated rings. The zero-order valence-electron chi connectivity index (χ0n) is 8.91. The SMILES string of the molecule is C[C@@H](N)c1cccc(-n2ccnc2)c1.Cl.Cl. The standard InChI is InChI=1S/C11H13N3.2ClH/c1-9(12)10-3-2-4-11(7-10)14-6-5-13-8-14;;/h2-9H,12H2,1H3;2*1H/t9-;;/m1../s1. The lowest BCUT2D eigenvalue weighted by molar-refractivity contribution is 0.816. The van der Waals surface area contributed by atoms with E-state index in [9.17, 15) is 0 Å². The molecule has 88 valence electrons. The van der Waals surface area contributed by atoms with Gasteiger partial charge in [-0.2, -0.15) is 0 Å². The first-order chi connectivity index (χ1) is 6.77. The van der Waals surface area contributed by atoms with Gasteiger partial charge in [0.1, 0.15) is 0 Å². The van der Waals surface area contributed by atoms with E-state index in [0.717, 1.165) is 11.3 Å². The number of benzene rings is 1. The van der Waals surface area contributed by atoms with Gasteiger partial charge in [-0.25, -0.2) is 4.98 Å². The van der Waals surface area contributed by atoms with Crippen LogP contribution in [0.2, 0.25) is 0 Å². The van der Waals surface area contributed by atoms with Gasteiger partial charge in [-0.3, -0.25) is 0 Å². The molecule has 0 amide bonds. The summed E-state index contributed by atoms with van der Waals surface area (Å²) in [5.74, 6) is 0. The summed E-state index contributed by atoms with van der Waals surface area (Å²) in [4.78, 5) is 4.00. The highest BCUT2D eigenvalue weighted by Gasteiger charge is 2.00. The number of hydrogen-bond acceptors (Lipinski definition) is 2. The second-order valence-electron chi connectivity index (χ2n) is 3.35. The summed E-state index contributed by atoms with van der Waals surface area (Å²) in [6.07, 6.45) is 5.46. The van der Waals surface area contributed by atoms with Gasteiger partial charge in [0, 0.05) is 24.1 Å². The van der Waals surface area contributed by atoms with Crippen molar-refractivity contribution in [1.82, 2.24) is 9.55 Å². The van der Waals surface area contributed by atoms with Crippen LogP contribution in [0.4, 0.5) is 0 Å². The fourth-order valence-corrected chi connectivity index (χ4v) is 1.38. The largest absolute Gasteiger partial charge is 0.324 e. The van der Waals surface area contributed by atoms with Crippen molar-refractivity contribution >= 4 is 24.8 Å². The minimum atomic E-state index is 0. The molecule has 2 aromatic rings. The van der Waals surface area contributed by atoms with Crippen molar-refractivity contribution < 1.29 is 0 Å². The number of rotatable bonds is 2. The van der Waals surface area contributed by atoms with Gasteiger partial charge in [0.2, 0.25) is 0 Å². The van der Waals surface area contributed by atoms with Crippen molar-refractivity contribution in [2.24, 2.45) is 5.73 Å². The van der Waals surface area contributed by atoms with Gasteiger partial charge < -0.3 is 10.3 Å². The Morgan fingerprint density at radius 3 is 2.62 bits per heavy atom. The molecule has 0 unspecified atom stereocenters. The van der Waals surface area contributed by atoms with Gasteiger partial charge in [0.15, 0.2) is 0 Å². The van der Waals surface area contributed by atoms with Crippen LogP contribution < -0.4 is 5.73 Å². The fourth-order valence-electron chi connectivity index (χ4n) is 1.38. The zero-order valence-corrected chi connectivity index (χ0v) is 10.5. The molecule has 2 N–H and O–H groups in total. The molecule has 1 atom stereocenters. The molecule has 0 spiro atoms. The number of nitrogens with two attached hydrogens (primary N) is 1. The topological polar surface area (TPSA) is 43.8 Å². The molecular weight excluding hydrogens is 245 g/mol. The lowest BCUT2D eigenvalue weighted by Gasteiger charge is -2.08. The van der Waals surface area contributed by atoms with Crippen molar-refractivity contribution in [3.05, 3.63) is 48.5 Å². The van der Waals surface area contributed by atoms with Crippen LogP contribution in [-0.2, 0) is 0 Å². The number of aromatic nitrogens is 2. The lowest BCUT2D eigenvalue weighted by Crippen LogP contribution is -2.05. The third kappa shape index (κ3) is 3.23. The Morgan fingerprint density at radius 1 is 1.31 bits per heavy atom. The van der Waals surface area contributed by atoms with Crippen molar-refractivity contribution in [2.45, 2.75) is 13.0 Å². The molecule has 0 saturated carbocycles. The predicted molar refractivity (Wildman–Crippen MR) is 70.7 cm³/mol. The Balaban J connectivity index is 0.00000112. The predicted octanol–water partition coefficient (Wildman–Crippen LogP) is 2.74. The summed E-state index contributed by atoms with van der Waals surface area (Å²) in [6, 6.07) is 8.22. The molecule has 1 aromatic heterocycles. The molecule has 0 aliphatic heterocycles. The molecule has 0 bridgehead atoms. The van der Waals surface area contributed by atoms with Crippen LogP contribution in [0.3, 0.4) is 0 Å². The van der Waals surface area contributed by atoms with E-state index in [0.29, 0.717) is 0 Å². The maximum atomic E-state index is 5.81. The minimum absolute atomic E-state index is 0. The Labute approximate surface area is 108 Å². The summed E-state index contributed by atoms with van der Waals surface area (Å²) >= 11 is 0. The molecule has 0 aliphatic rings. The fraction of sp³-hybridized carbons (Fsp3) is 0.182. The normalized spacial score (nSPS) is 11.1. The van der Waals surface area contributed by atoms with E-state index >= 15 is 0 Å². The van der Waals surface area contributed by atoms with Gasteiger partial charge in [-0.15, -0.1) is 24.8 Å². The summed E-state index contributed by atoms with van der Waals surface area (Å²) in [5.41, 5.74) is 8.04. The first-order valence-electron chi connectivity index (χ1n) is 4.61. The van der Waals surface area contributed by atoms with E-state index in [1.807, 2.05) is 35.9 Å². The molecule has 1 aromatic carbocycles. The molecular formula is C11H15Cl2N3. The Kier molecular flexibility index (Phi) is 6.11. The third-order valence-electron chi connectivity index (χ3n) is 2.20. The molecule has 0 radical (unpaired) electrons. The van der Waals surface area contributed by atoms with E-state index in [4.69, 9.17) is 5.73 Å². The molecule has 0 aliphatic carbocycles. The molecule has 3 nitrogen and oxygen atoms in total. The molecule has 1 heterocycles. The van der Waals surface area contributed by atoms with E-state index in [2.05, 4.69) is 11.1 Å². The summed E-state index contributed by atoms with van der Waals surface area (Å²) in [6.45, 7) is 1.98. The first kappa shape index (κ1) is 15.0. The van der Waals surface area contributed by atoms with Crippen LogP contribution >= 0.6 is 24.8 Å². The summed E-state index contributed by atoms with van der Waals surface area (Å²) in [5, 5.41) is 0. The quantitative estimate of drug-likeness (QED) is 0.902. The lowest BCUT2D eigenvalue weighted by atomic mass is 10.1. The van der Waals surface area contributed by atoms with Crippen molar-refractivity contribution in [3.8, 4) is 5.69 Å². The average molecular weight is 260 g/mol. The van der Waals surface area contributed by atoms with Crippen molar-refractivity contribution in [1.29, 1.82) is 0 Å². The van der Waals surface area contributed by atoms with E-state index in [1.165, 1.54) is 0 Å². The van der Waals surface area contributed by atoms with Crippen LogP contribution in [0.25, 0.3) is 5.69 Å². The van der Waals surface area contributed by atoms with E-state index in [1.54, 1.807) is 12.5 Å². The van der Waals surface area contributed by atoms with Gasteiger partial charge in [-0.05, 0) is 24.6 Å². The second-order valence-corrected chi connectivity index (χ2v) is 3.35. The first-order valence-corrected chi connectivity index (χ1v) is 4.61. The average Bonchev–Trinajstić information content (AvgIpc) is 2.71. The number of halogens is 2. The van der Waals surface area contributed by atoms with Gasteiger partial charge >= 0.3 is 0 Å². The number of nitrogens with zero attached hydrogens (tertiary/aromatic N) is 2. The van der Waals surface area contributed by atoms with Crippen LogP contribution in [-0.4, -0.2) is 9.55 Å². The Morgan fingerprint density at radius 2 is 2.06 bits per heavy atom. The van der Waals surface area contributed by atoms with E-state index < -0.39 is 0 Å². The minimum Gasteiger partial charge on any atom is -0.324 e. The van der Waals surface area contributed by atoms with Crippen molar-refractivity contribution in [3.63, 3.8) is 0 Å². The highest BCUT2D eigenvalue weighted by molar-refractivity contribution is 5.85. The highest BCUT2D eigenvalue weighted by Crippen LogP contribution is 2.14. The van der Waals surface area contributed by atoms with Crippen LogP contribution in [0.5, 0.6) is 0 Å². The summed E-state index contributed by atoms with van der Waals surface area (Å²) < 4.78 is 1.96. The highest BCUT2D eigenvalue weighted by atomic mass is 35.5. The third-order valence-corrected chi connectivity index (χ3v) is 2.20. The van der Waals surface area contributed by atoms with Gasteiger partial charge in [-0.1, -0.05) is 12.1 Å². The van der Waals surface area contributed by atoms with Crippen LogP contribution in [0.15, 0.2) is 43.0 Å². The molecule has 0 saturated heterocycles. The Bertz CT molecular complexity index is 413. The van der Waals surface area contributed by atoms with E-state index in [-0.39, 0.29) is 30.9 Å². The van der Waals surface area contributed by atoms with Crippen molar-refractivity contribution in [2.75, 3.05) is 0 Å². The molecule has 2 rings (SSSR count). The van der Waals surface area contributed by atoms with Gasteiger partial charge in [0.05, 0.1) is 6.33 Å². The summed E-state index contributed by atoms with van der Waals surface area (Å²) in [7, 11) is 0. The Hall–Kier alpha value is -1.03. The molecule has 5 heteroatoms. The zero-order chi connectivity index (χ0) is 9.97. The van der Waals surface area contributed by atoms with Crippen LogP contribution in [0.1, 0.15) is 18.5 Å². The smallest absolute Gasteiger partial charge is 0.0991 e. The van der Waals surface area contributed by atoms with Crippen LogP contribution in [0, 0.1) is 0 Å². The monoisotopic (exact) mass is 259 g/mol.